The number of benzene rings is 1. The summed E-state index contributed by atoms with van der Waals surface area (Å²) >= 11 is 0. The van der Waals surface area contributed by atoms with Gasteiger partial charge in [0.25, 0.3) is 5.91 Å². The maximum absolute atomic E-state index is 12.3. The van der Waals surface area contributed by atoms with E-state index in [1.807, 2.05) is 6.07 Å². The monoisotopic (exact) mass is 317 g/mol. The molecule has 7 nitrogen and oxygen atoms in total. The van der Waals surface area contributed by atoms with Gasteiger partial charge in [0, 0.05) is 18.2 Å². The molecule has 2 fully saturated rings. The number of carbonyl (C=O) groups excluding carboxylic acids is 3. The predicted octanol–water partition coefficient (Wildman–Crippen LogP) is -0.735. The third-order valence-corrected chi connectivity index (χ3v) is 4.30. The van der Waals surface area contributed by atoms with Crippen LogP contribution in [0.2, 0.25) is 0 Å². The van der Waals surface area contributed by atoms with Crippen LogP contribution < -0.4 is 10.6 Å². The van der Waals surface area contributed by atoms with Gasteiger partial charge in [-0.15, -0.1) is 0 Å². The highest BCUT2D eigenvalue weighted by Gasteiger charge is 2.47. The van der Waals surface area contributed by atoms with Gasteiger partial charge in [0.05, 0.1) is 6.10 Å². The number of aliphatic hydroxyl groups is 1. The molecule has 0 spiro atoms. The molecule has 0 radical (unpaired) electrons. The Morgan fingerprint density at radius 3 is 2.70 bits per heavy atom. The highest BCUT2D eigenvalue weighted by molar-refractivity contribution is 5.98. The SMILES string of the molecule is C[C@@H](O)[C@@H]1NC(=O)[C@@H]2C[C@H](NC(=O)c3ccccc3)CN2C1=O. The van der Waals surface area contributed by atoms with Crippen molar-refractivity contribution in [2.75, 3.05) is 6.54 Å². The number of amides is 3. The molecule has 122 valence electrons. The molecule has 1 aromatic rings. The van der Waals surface area contributed by atoms with E-state index in [4.69, 9.17) is 0 Å². The van der Waals surface area contributed by atoms with Crippen molar-refractivity contribution < 1.29 is 19.5 Å². The average Bonchev–Trinajstić information content (AvgIpc) is 2.96. The lowest BCUT2D eigenvalue weighted by Gasteiger charge is -2.35. The minimum absolute atomic E-state index is 0.226. The van der Waals surface area contributed by atoms with Gasteiger partial charge in [0.15, 0.2) is 0 Å². The normalized spacial score (nSPS) is 28.1. The largest absolute Gasteiger partial charge is 0.391 e. The summed E-state index contributed by atoms with van der Waals surface area (Å²) in [4.78, 5) is 38.1. The molecule has 0 aromatic heterocycles. The van der Waals surface area contributed by atoms with E-state index in [0.29, 0.717) is 12.0 Å². The van der Waals surface area contributed by atoms with Gasteiger partial charge in [-0.3, -0.25) is 14.4 Å². The predicted molar refractivity (Wildman–Crippen MR) is 81.4 cm³/mol. The first-order chi connectivity index (χ1) is 11.0. The lowest BCUT2D eigenvalue weighted by Crippen LogP contribution is -2.64. The fourth-order valence-corrected chi connectivity index (χ4v) is 3.11. The summed E-state index contributed by atoms with van der Waals surface area (Å²) in [5.74, 6) is -0.816. The van der Waals surface area contributed by atoms with Crippen LogP contribution in [-0.4, -0.2) is 58.5 Å². The Hall–Kier alpha value is -2.41. The molecular weight excluding hydrogens is 298 g/mol. The Kier molecular flexibility index (Phi) is 4.04. The second-order valence-corrected chi connectivity index (χ2v) is 6.01. The quantitative estimate of drug-likeness (QED) is 0.684. The van der Waals surface area contributed by atoms with Gasteiger partial charge in [-0.25, -0.2) is 0 Å². The molecule has 7 heteroatoms. The summed E-state index contributed by atoms with van der Waals surface area (Å²) in [6, 6.07) is 7.01. The van der Waals surface area contributed by atoms with E-state index in [1.165, 1.54) is 11.8 Å². The van der Waals surface area contributed by atoms with Crippen molar-refractivity contribution in [3.8, 4) is 0 Å². The second-order valence-electron chi connectivity index (χ2n) is 6.01. The van der Waals surface area contributed by atoms with E-state index in [1.54, 1.807) is 24.3 Å². The van der Waals surface area contributed by atoms with Crippen LogP contribution in [0.15, 0.2) is 30.3 Å². The van der Waals surface area contributed by atoms with E-state index in [9.17, 15) is 19.5 Å². The molecule has 3 N–H and O–H groups in total. The first-order valence-corrected chi connectivity index (χ1v) is 7.62. The van der Waals surface area contributed by atoms with Crippen LogP contribution in [0.1, 0.15) is 23.7 Å². The Bertz CT molecular complexity index is 631. The molecule has 0 aliphatic carbocycles. The molecule has 2 saturated heterocycles. The lowest BCUT2D eigenvalue weighted by molar-refractivity contribution is -0.149. The van der Waals surface area contributed by atoms with Crippen molar-refractivity contribution in [2.24, 2.45) is 0 Å². The van der Waals surface area contributed by atoms with Crippen molar-refractivity contribution in [1.82, 2.24) is 15.5 Å². The lowest BCUT2D eigenvalue weighted by atomic mass is 10.0. The van der Waals surface area contributed by atoms with Crippen molar-refractivity contribution in [1.29, 1.82) is 0 Å². The fraction of sp³-hybridized carbons (Fsp3) is 0.438. The van der Waals surface area contributed by atoms with Crippen LogP contribution in [0.5, 0.6) is 0 Å². The zero-order valence-electron chi connectivity index (χ0n) is 12.7. The molecule has 3 rings (SSSR count). The van der Waals surface area contributed by atoms with Crippen molar-refractivity contribution in [3.63, 3.8) is 0 Å². The summed E-state index contributed by atoms with van der Waals surface area (Å²) in [6.45, 7) is 1.74. The summed E-state index contributed by atoms with van der Waals surface area (Å²) in [5, 5.41) is 15.0. The third-order valence-electron chi connectivity index (χ3n) is 4.30. The Morgan fingerprint density at radius 2 is 2.04 bits per heavy atom. The fourth-order valence-electron chi connectivity index (χ4n) is 3.11. The number of nitrogens with one attached hydrogen (secondary N) is 2. The van der Waals surface area contributed by atoms with E-state index < -0.39 is 18.2 Å². The Morgan fingerprint density at radius 1 is 1.35 bits per heavy atom. The number of aliphatic hydroxyl groups excluding tert-OH is 1. The van der Waals surface area contributed by atoms with E-state index in [-0.39, 0.29) is 30.3 Å². The van der Waals surface area contributed by atoms with Gasteiger partial charge in [0.2, 0.25) is 11.8 Å². The standard InChI is InChI=1S/C16H19N3O4/c1-9(20)13-16(23)19-8-11(7-12(19)15(22)18-13)17-14(21)10-5-3-2-4-6-10/h2-6,9,11-13,20H,7-8H2,1H3,(H,17,21)(H,18,22)/t9-,11+,12+,13+/m1/s1. The molecular formula is C16H19N3O4. The van der Waals surface area contributed by atoms with Gasteiger partial charge in [-0.05, 0) is 25.5 Å². The average molecular weight is 317 g/mol. The summed E-state index contributed by atoms with van der Waals surface area (Å²) < 4.78 is 0. The molecule has 0 unspecified atom stereocenters. The Balaban J connectivity index is 1.69. The number of rotatable bonds is 3. The molecule has 0 bridgehead atoms. The molecule has 4 atom stereocenters. The van der Waals surface area contributed by atoms with Crippen molar-refractivity contribution in [3.05, 3.63) is 35.9 Å². The summed E-state index contributed by atoms with van der Waals surface area (Å²) in [7, 11) is 0. The summed E-state index contributed by atoms with van der Waals surface area (Å²) in [5.41, 5.74) is 0.537. The van der Waals surface area contributed by atoms with E-state index in [2.05, 4.69) is 10.6 Å². The zero-order chi connectivity index (χ0) is 16.6. The molecule has 2 aliphatic rings. The number of hydrogen-bond donors (Lipinski definition) is 3. The van der Waals surface area contributed by atoms with Gasteiger partial charge < -0.3 is 20.6 Å². The zero-order valence-corrected chi connectivity index (χ0v) is 12.7. The molecule has 3 amide bonds. The molecule has 23 heavy (non-hydrogen) atoms. The highest BCUT2D eigenvalue weighted by Crippen LogP contribution is 2.23. The number of piperazine rings is 1. The van der Waals surface area contributed by atoms with Crippen LogP contribution >= 0.6 is 0 Å². The molecule has 2 heterocycles. The number of nitrogens with zero attached hydrogens (tertiary/aromatic N) is 1. The first kappa shape index (κ1) is 15.5. The van der Waals surface area contributed by atoms with Crippen molar-refractivity contribution >= 4 is 17.7 Å². The maximum Gasteiger partial charge on any atom is 0.251 e. The topological polar surface area (TPSA) is 98.7 Å². The molecule has 2 aliphatic heterocycles. The Labute approximate surface area is 133 Å². The number of carbonyl (C=O) groups is 3. The van der Waals surface area contributed by atoms with Crippen LogP contribution in [-0.2, 0) is 9.59 Å². The minimum atomic E-state index is -0.953. The smallest absolute Gasteiger partial charge is 0.251 e. The highest BCUT2D eigenvalue weighted by atomic mass is 16.3. The first-order valence-electron chi connectivity index (χ1n) is 7.62. The van der Waals surface area contributed by atoms with Gasteiger partial charge in [0.1, 0.15) is 12.1 Å². The van der Waals surface area contributed by atoms with Crippen molar-refractivity contribution in [2.45, 2.75) is 37.6 Å². The van der Waals surface area contributed by atoms with E-state index >= 15 is 0 Å². The van der Waals surface area contributed by atoms with Crippen LogP contribution in [0.3, 0.4) is 0 Å². The van der Waals surface area contributed by atoms with Crippen LogP contribution in [0, 0.1) is 0 Å². The summed E-state index contributed by atoms with van der Waals surface area (Å²) in [6.07, 6.45) is -0.576. The third kappa shape index (κ3) is 2.92. The minimum Gasteiger partial charge on any atom is -0.391 e. The second kappa shape index (κ2) is 6.00. The number of hydrogen-bond acceptors (Lipinski definition) is 4. The molecule has 1 aromatic carbocycles. The van der Waals surface area contributed by atoms with Crippen LogP contribution in [0.4, 0.5) is 0 Å². The number of fused-ring (bicyclic) bond motifs is 1. The van der Waals surface area contributed by atoms with Gasteiger partial charge in [-0.2, -0.15) is 0 Å². The van der Waals surface area contributed by atoms with Gasteiger partial charge >= 0.3 is 0 Å². The van der Waals surface area contributed by atoms with Gasteiger partial charge in [-0.1, -0.05) is 18.2 Å². The molecule has 0 saturated carbocycles. The van der Waals surface area contributed by atoms with Crippen LogP contribution in [0.25, 0.3) is 0 Å². The van der Waals surface area contributed by atoms with E-state index in [0.717, 1.165) is 0 Å². The maximum atomic E-state index is 12.3.